The van der Waals surface area contributed by atoms with Gasteiger partial charge in [-0.3, -0.25) is 0 Å². The van der Waals surface area contributed by atoms with Gasteiger partial charge < -0.3 is 10.1 Å². The maximum atomic E-state index is 6.06. The predicted molar refractivity (Wildman–Crippen MR) is 65.1 cm³/mol. The molecule has 4 heteroatoms. The monoisotopic (exact) mass is 245 g/mol. The van der Waals surface area contributed by atoms with Gasteiger partial charge in [-0.2, -0.15) is 0 Å². The van der Waals surface area contributed by atoms with E-state index in [1.807, 2.05) is 6.92 Å². The molecule has 15 heavy (non-hydrogen) atoms. The summed E-state index contributed by atoms with van der Waals surface area (Å²) in [6.45, 7) is 2.48. The maximum absolute atomic E-state index is 6.06. The van der Waals surface area contributed by atoms with Crippen LogP contribution in [0, 0.1) is 0 Å². The van der Waals surface area contributed by atoms with Gasteiger partial charge in [-0.15, -0.1) is 0 Å². The first-order chi connectivity index (χ1) is 7.20. The van der Waals surface area contributed by atoms with E-state index < -0.39 is 0 Å². The summed E-state index contributed by atoms with van der Waals surface area (Å²) in [6.07, 6.45) is 1.73. The minimum atomic E-state index is 0.565. The highest BCUT2D eigenvalue weighted by molar-refractivity contribution is 6.37. The number of benzene rings is 1. The first-order valence-corrected chi connectivity index (χ1v) is 5.41. The largest absolute Gasteiger partial charge is 0.492 e. The molecule has 0 bridgehead atoms. The minimum absolute atomic E-state index is 0.565. The van der Waals surface area contributed by atoms with Gasteiger partial charge in [-0.25, -0.2) is 0 Å². The molecule has 82 valence electrons. The Labute approximate surface area is 99.8 Å². The molecule has 1 N–H and O–H groups in total. The van der Waals surface area contributed by atoms with Gasteiger partial charge in [-0.1, -0.05) is 29.3 Å². The van der Waals surface area contributed by atoms with Crippen LogP contribution in [-0.2, 0) is 4.74 Å². The normalized spacial score (nSPS) is 11.3. The summed E-state index contributed by atoms with van der Waals surface area (Å²) in [6, 6.07) is 5.37. The van der Waals surface area contributed by atoms with Crippen molar-refractivity contribution in [2.45, 2.75) is 6.92 Å². The average molecular weight is 246 g/mol. The highest BCUT2D eigenvalue weighted by Crippen LogP contribution is 2.31. The molecule has 0 aliphatic rings. The molecule has 1 rings (SSSR count). The van der Waals surface area contributed by atoms with E-state index >= 15 is 0 Å². The molecule has 0 fully saturated rings. The van der Waals surface area contributed by atoms with E-state index in [1.54, 1.807) is 31.4 Å². The molecule has 0 saturated heterocycles. The topological polar surface area (TPSA) is 21.3 Å². The fraction of sp³-hybridized carbons (Fsp3) is 0.273. The summed E-state index contributed by atoms with van der Waals surface area (Å²) in [7, 11) is 1.80. The summed E-state index contributed by atoms with van der Waals surface area (Å²) in [5.41, 5.74) is 0.719. The Morgan fingerprint density at radius 1 is 1.40 bits per heavy atom. The van der Waals surface area contributed by atoms with E-state index in [0.717, 1.165) is 5.56 Å². The summed E-state index contributed by atoms with van der Waals surface area (Å²) >= 11 is 12.1. The summed E-state index contributed by atoms with van der Waals surface area (Å²) in [5.74, 6) is 0.649. The van der Waals surface area contributed by atoms with Gasteiger partial charge in [0.1, 0.15) is 5.76 Å². The van der Waals surface area contributed by atoms with Crippen LogP contribution in [0.5, 0.6) is 0 Å². The maximum Gasteiger partial charge on any atom is 0.145 e. The van der Waals surface area contributed by atoms with Crippen molar-refractivity contribution in [1.29, 1.82) is 0 Å². The van der Waals surface area contributed by atoms with Crippen LogP contribution in [0.1, 0.15) is 12.5 Å². The molecule has 0 atom stereocenters. The average Bonchev–Trinajstić information content (AvgIpc) is 2.18. The number of halogens is 2. The second-order valence-corrected chi connectivity index (χ2v) is 3.64. The number of ether oxygens (including phenoxy) is 1. The Morgan fingerprint density at radius 3 is 2.47 bits per heavy atom. The lowest BCUT2D eigenvalue weighted by Gasteiger charge is -2.11. The zero-order chi connectivity index (χ0) is 11.3. The second-order valence-electron chi connectivity index (χ2n) is 2.83. The van der Waals surface area contributed by atoms with Gasteiger partial charge in [0.25, 0.3) is 0 Å². The first kappa shape index (κ1) is 12.2. The van der Waals surface area contributed by atoms with Crippen molar-refractivity contribution < 1.29 is 4.74 Å². The van der Waals surface area contributed by atoms with Gasteiger partial charge in [0, 0.05) is 13.2 Å². The van der Waals surface area contributed by atoms with Crippen LogP contribution < -0.4 is 5.32 Å². The third kappa shape index (κ3) is 3.05. The lowest BCUT2D eigenvalue weighted by atomic mass is 10.2. The Morgan fingerprint density at radius 2 is 2.00 bits per heavy atom. The summed E-state index contributed by atoms with van der Waals surface area (Å²) in [4.78, 5) is 0. The fourth-order valence-corrected chi connectivity index (χ4v) is 1.79. The van der Waals surface area contributed by atoms with Gasteiger partial charge in [-0.05, 0) is 19.1 Å². The molecule has 1 aromatic carbocycles. The number of hydrogen-bond acceptors (Lipinski definition) is 2. The van der Waals surface area contributed by atoms with Crippen molar-refractivity contribution >= 4 is 29.0 Å². The molecule has 0 unspecified atom stereocenters. The molecule has 1 aromatic rings. The van der Waals surface area contributed by atoms with E-state index in [9.17, 15) is 0 Å². The quantitative estimate of drug-likeness (QED) is 0.820. The standard InChI is InChI=1S/C11H13Cl2NO/c1-3-15-10(7-14-2)11-8(12)5-4-6-9(11)13/h4-7,14H,3H2,1-2H3/b10-7-. The van der Waals surface area contributed by atoms with E-state index in [1.165, 1.54) is 0 Å². The van der Waals surface area contributed by atoms with E-state index in [0.29, 0.717) is 22.4 Å². The highest BCUT2D eigenvalue weighted by atomic mass is 35.5. The van der Waals surface area contributed by atoms with Crippen molar-refractivity contribution in [1.82, 2.24) is 5.32 Å². The number of hydrogen-bond donors (Lipinski definition) is 1. The Hall–Kier alpha value is -0.860. The third-order valence-electron chi connectivity index (χ3n) is 1.78. The summed E-state index contributed by atoms with van der Waals surface area (Å²) in [5, 5.41) is 4.06. The number of rotatable bonds is 4. The van der Waals surface area contributed by atoms with Crippen molar-refractivity contribution in [2.75, 3.05) is 13.7 Å². The van der Waals surface area contributed by atoms with Crippen molar-refractivity contribution in [3.8, 4) is 0 Å². The van der Waals surface area contributed by atoms with Crippen LogP contribution in [0.3, 0.4) is 0 Å². The third-order valence-corrected chi connectivity index (χ3v) is 2.41. The van der Waals surface area contributed by atoms with Crippen LogP contribution in [0.25, 0.3) is 5.76 Å². The van der Waals surface area contributed by atoms with Gasteiger partial charge in [0.2, 0.25) is 0 Å². The fourth-order valence-electron chi connectivity index (χ4n) is 1.21. The zero-order valence-corrected chi connectivity index (χ0v) is 10.2. The molecule has 0 heterocycles. The number of nitrogens with one attached hydrogen (secondary N) is 1. The Balaban J connectivity index is 3.16. The Kier molecular flexibility index (Phi) is 4.79. The van der Waals surface area contributed by atoms with Gasteiger partial charge >= 0.3 is 0 Å². The molecule has 0 aromatic heterocycles. The first-order valence-electron chi connectivity index (χ1n) is 4.65. The van der Waals surface area contributed by atoms with E-state index in [2.05, 4.69) is 5.32 Å². The SMILES string of the molecule is CCO/C(=C\NC)c1c(Cl)cccc1Cl. The van der Waals surface area contributed by atoms with Crippen LogP contribution in [0.4, 0.5) is 0 Å². The van der Waals surface area contributed by atoms with Crippen LogP contribution in [0.15, 0.2) is 24.4 Å². The van der Waals surface area contributed by atoms with Crippen molar-refractivity contribution in [3.63, 3.8) is 0 Å². The molecule has 0 aliphatic heterocycles. The molecule has 0 amide bonds. The zero-order valence-electron chi connectivity index (χ0n) is 8.68. The smallest absolute Gasteiger partial charge is 0.145 e. The van der Waals surface area contributed by atoms with E-state index in [-0.39, 0.29) is 0 Å². The van der Waals surface area contributed by atoms with Gasteiger partial charge in [0.05, 0.1) is 22.2 Å². The van der Waals surface area contributed by atoms with Crippen molar-refractivity contribution in [3.05, 3.63) is 40.0 Å². The second kappa shape index (κ2) is 5.89. The highest BCUT2D eigenvalue weighted by Gasteiger charge is 2.11. The Bertz CT molecular complexity index is 343. The summed E-state index contributed by atoms with van der Waals surface area (Å²) < 4.78 is 5.46. The lowest BCUT2D eigenvalue weighted by molar-refractivity contribution is 0.297. The molecule has 2 nitrogen and oxygen atoms in total. The molecule has 0 saturated carbocycles. The molecule has 0 spiro atoms. The lowest BCUT2D eigenvalue weighted by Crippen LogP contribution is -2.01. The molecule has 0 aliphatic carbocycles. The van der Waals surface area contributed by atoms with Gasteiger partial charge in [0.15, 0.2) is 0 Å². The van der Waals surface area contributed by atoms with Crippen LogP contribution in [0.2, 0.25) is 10.0 Å². The molecular formula is C11H13Cl2NO. The van der Waals surface area contributed by atoms with Crippen LogP contribution >= 0.6 is 23.2 Å². The van der Waals surface area contributed by atoms with Crippen LogP contribution in [-0.4, -0.2) is 13.7 Å². The molecule has 0 radical (unpaired) electrons. The minimum Gasteiger partial charge on any atom is -0.492 e. The predicted octanol–water partition coefficient (Wildman–Crippen LogP) is 3.55. The molecular weight excluding hydrogens is 233 g/mol. The van der Waals surface area contributed by atoms with Crippen molar-refractivity contribution in [2.24, 2.45) is 0 Å². The van der Waals surface area contributed by atoms with E-state index in [4.69, 9.17) is 27.9 Å².